The van der Waals surface area contributed by atoms with Crippen LogP contribution in [0.1, 0.15) is 58.2 Å². The number of imidazole rings is 1. The van der Waals surface area contributed by atoms with Crippen molar-refractivity contribution in [2.45, 2.75) is 64.0 Å². The van der Waals surface area contributed by atoms with Crippen LogP contribution in [0.4, 0.5) is 4.79 Å². The number of benzene rings is 1. The highest BCUT2D eigenvalue weighted by molar-refractivity contribution is 5.68. The van der Waals surface area contributed by atoms with Crippen LogP contribution in [0.5, 0.6) is 0 Å². The number of carbonyl (C=O) groups is 1. The normalized spacial score (nSPS) is 20.9. The predicted octanol–water partition coefficient (Wildman–Crippen LogP) is 4.63. The SMILES string of the molecule is CC(C)(C)OC(=O)N[C@@H]1CCC[C@H](c2ncc(-c3ccccc3)[nH]2)C1. The molecular weight excluding hydrogens is 314 g/mol. The molecule has 1 heterocycles. The third kappa shape index (κ3) is 4.84. The average molecular weight is 341 g/mol. The van der Waals surface area contributed by atoms with Gasteiger partial charge in [0.05, 0.1) is 11.9 Å². The molecule has 0 bridgehead atoms. The van der Waals surface area contributed by atoms with Crippen LogP contribution in [0, 0.1) is 0 Å². The first kappa shape index (κ1) is 17.5. The maximum atomic E-state index is 12.0. The summed E-state index contributed by atoms with van der Waals surface area (Å²) in [5.74, 6) is 1.35. The molecule has 5 heteroatoms. The topological polar surface area (TPSA) is 67.0 Å². The van der Waals surface area contributed by atoms with Gasteiger partial charge in [-0.15, -0.1) is 0 Å². The van der Waals surface area contributed by atoms with E-state index in [2.05, 4.69) is 27.4 Å². The van der Waals surface area contributed by atoms with Crippen LogP contribution in [0.25, 0.3) is 11.3 Å². The number of rotatable bonds is 3. The highest BCUT2D eigenvalue weighted by atomic mass is 16.6. The van der Waals surface area contributed by atoms with E-state index in [1.165, 1.54) is 0 Å². The van der Waals surface area contributed by atoms with Crippen molar-refractivity contribution in [3.05, 3.63) is 42.4 Å². The number of aromatic nitrogens is 2. The highest BCUT2D eigenvalue weighted by Crippen LogP contribution is 2.32. The molecule has 1 aliphatic rings. The molecule has 3 rings (SSSR count). The van der Waals surface area contributed by atoms with Crippen molar-refractivity contribution < 1.29 is 9.53 Å². The Morgan fingerprint density at radius 2 is 2.00 bits per heavy atom. The second-order valence-corrected chi connectivity index (χ2v) is 7.75. The number of hydrogen-bond acceptors (Lipinski definition) is 3. The summed E-state index contributed by atoms with van der Waals surface area (Å²) < 4.78 is 5.37. The number of nitrogens with one attached hydrogen (secondary N) is 2. The van der Waals surface area contributed by atoms with E-state index in [1.54, 1.807) is 0 Å². The van der Waals surface area contributed by atoms with Crippen LogP contribution in [0.3, 0.4) is 0 Å². The zero-order chi connectivity index (χ0) is 17.9. The summed E-state index contributed by atoms with van der Waals surface area (Å²) in [5, 5.41) is 3.01. The molecule has 2 atom stereocenters. The smallest absolute Gasteiger partial charge is 0.407 e. The van der Waals surface area contributed by atoms with Crippen molar-refractivity contribution in [1.29, 1.82) is 0 Å². The Hall–Kier alpha value is -2.30. The summed E-state index contributed by atoms with van der Waals surface area (Å²) in [6, 6.07) is 10.3. The van der Waals surface area contributed by atoms with Gasteiger partial charge in [-0.25, -0.2) is 9.78 Å². The van der Waals surface area contributed by atoms with Crippen LogP contribution in [0.15, 0.2) is 36.5 Å². The monoisotopic (exact) mass is 341 g/mol. The lowest BCUT2D eigenvalue weighted by Crippen LogP contribution is -2.41. The standard InChI is InChI=1S/C20H27N3O2/c1-20(2,3)25-19(24)22-16-11-7-10-15(12-16)18-21-13-17(23-18)14-8-5-4-6-9-14/h4-6,8-9,13,15-16H,7,10-12H2,1-3H3,(H,21,23)(H,22,24)/t15-,16+/m0/s1. The van der Waals surface area contributed by atoms with Gasteiger partial charge in [0.2, 0.25) is 0 Å². The van der Waals surface area contributed by atoms with Gasteiger partial charge >= 0.3 is 6.09 Å². The second kappa shape index (κ2) is 7.30. The number of aromatic amines is 1. The van der Waals surface area contributed by atoms with E-state index in [4.69, 9.17) is 4.74 Å². The van der Waals surface area contributed by atoms with Gasteiger partial charge in [-0.3, -0.25) is 0 Å². The lowest BCUT2D eigenvalue weighted by Gasteiger charge is -2.29. The molecule has 134 valence electrons. The molecule has 2 aromatic rings. The molecule has 1 aromatic carbocycles. The van der Waals surface area contributed by atoms with Crippen LogP contribution in [0.2, 0.25) is 0 Å². The van der Waals surface area contributed by atoms with E-state index in [0.717, 1.165) is 42.8 Å². The summed E-state index contributed by atoms with van der Waals surface area (Å²) in [6.45, 7) is 5.64. The molecule has 25 heavy (non-hydrogen) atoms. The Bertz CT molecular complexity index is 703. The van der Waals surface area contributed by atoms with Crippen molar-refractivity contribution in [3.63, 3.8) is 0 Å². The van der Waals surface area contributed by atoms with Crippen LogP contribution >= 0.6 is 0 Å². The lowest BCUT2D eigenvalue weighted by atomic mass is 9.85. The van der Waals surface area contributed by atoms with Gasteiger partial charge in [-0.2, -0.15) is 0 Å². The summed E-state index contributed by atoms with van der Waals surface area (Å²) in [6.07, 6.45) is 5.61. The van der Waals surface area contributed by atoms with Gasteiger partial charge in [0.1, 0.15) is 11.4 Å². The number of carbonyl (C=O) groups excluding carboxylic acids is 1. The molecule has 0 aliphatic heterocycles. The van der Waals surface area contributed by atoms with E-state index in [0.29, 0.717) is 5.92 Å². The maximum absolute atomic E-state index is 12.0. The molecule has 1 fully saturated rings. The number of H-pyrrole nitrogens is 1. The zero-order valence-corrected chi connectivity index (χ0v) is 15.2. The molecule has 0 saturated heterocycles. The van der Waals surface area contributed by atoms with Crippen molar-refractivity contribution >= 4 is 6.09 Å². The van der Waals surface area contributed by atoms with Gasteiger partial charge in [-0.1, -0.05) is 36.8 Å². The van der Waals surface area contributed by atoms with Crippen molar-refractivity contribution in [2.24, 2.45) is 0 Å². The number of ether oxygens (including phenoxy) is 1. The summed E-state index contributed by atoms with van der Waals surface area (Å²) in [5.41, 5.74) is 1.71. The predicted molar refractivity (Wildman–Crippen MR) is 98.4 cm³/mol. The highest BCUT2D eigenvalue weighted by Gasteiger charge is 2.27. The second-order valence-electron chi connectivity index (χ2n) is 7.75. The van der Waals surface area contributed by atoms with Gasteiger partial charge in [-0.05, 0) is 45.6 Å². The number of alkyl carbamates (subject to hydrolysis) is 1. The van der Waals surface area contributed by atoms with Gasteiger partial charge < -0.3 is 15.0 Å². The molecule has 0 spiro atoms. The third-order valence-electron chi connectivity index (χ3n) is 4.46. The fourth-order valence-electron chi connectivity index (χ4n) is 3.35. The Morgan fingerprint density at radius 3 is 2.72 bits per heavy atom. The first-order valence-corrected chi connectivity index (χ1v) is 9.00. The largest absolute Gasteiger partial charge is 0.444 e. The van der Waals surface area contributed by atoms with E-state index in [9.17, 15) is 4.79 Å². The minimum absolute atomic E-state index is 0.138. The zero-order valence-electron chi connectivity index (χ0n) is 15.2. The lowest BCUT2D eigenvalue weighted by molar-refractivity contribution is 0.0490. The number of nitrogens with zero attached hydrogens (tertiary/aromatic N) is 1. The van der Waals surface area contributed by atoms with Crippen LogP contribution in [-0.4, -0.2) is 27.7 Å². The Morgan fingerprint density at radius 1 is 1.24 bits per heavy atom. The minimum atomic E-state index is -0.469. The van der Waals surface area contributed by atoms with Gasteiger partial charge in [0.25, 0.3) is 0 Å². The number of amides is 1. The Balaban J connectivity index is 1.62. The molecule has 1 amide bonds. The van der Waals surface area contributed by atoms with Gasteiger partial charge in [0, 0.05) is 12.0 Å². The number of hydrogen-bond donors (Lipinski definition) is 2. The molecule has 0 unspecified atom stereocenters. The molecule has 0 radical (unpaired) electrons. The molecule has 1 saturated carbocycles. The molecule has 1 aromatic heterocycles. The van der Waals surface area contributed by atoms with Crippen molar-refractivity contribution in [3.8, 4) is 11.3 Å². The first-order valence-electron chi connectivity index (χ1n) is 9.00. The van der Waals surface area contributed by atoms with E-state index in [-0.39, 0.29) is 12.1 Å². The van der Waals surface area contributed by atoms with Gasteiger partial charge in [0.15, 0.2) is 0 Å². The van der Waals surface area contributed by atoms with Crippen molar-refractivity contribution in [1.82, 2.24) is 15.3 Å². The van der Waals surface area contributed by atoms with Crippen LogP contribution in [-0.2, 0) is 4.74 Å². The molecule has 1 aliphatic carbocycles. The quantitative estimate of drug-likeness (QED) is 0.855. The van der Waals surface area contributed by atoms with E-state index >= 15 is 0 Å². The Kier molecular flexibility index (Phi) is 5.11. The molecule has 2 N–H and O–H groups in total. The summed E-state index contributed by atoms with van der Waals surface area (Å²) in [7, 11) is 0. The fourth-order valence-corrected chi connectivity index (χ4v) is 3.35. The average Bonchev–Trinajstić information content (AvgIpc) is 3.04. The van der Waals surface area contributed by atoms with Crippen molar-refractivity contribution in [2.75, 3.05) is 0 Å². The van der Waals surface area contributed by atoms with E-state index in [1.807, 2.05) is 45.2 Å². The first-order chi connectivity index (χ1) is 11.9. The van der Waals surface area contributed by atoms with E-state index < -0.39 is 5.60 Å². The van der Waals surface area contributed by atoms with Crippen LogP contribution < -0.4 is 5.32 Å². The summed E-state index contributed by atoms with van der Waals surface area (Å²) in [4.78, 5) is 20.0. The maximum Gasteiger partial charge on any atom is 0.407 e. The Labute approximate surface area is 149 Å². The fraction of sp³-hybridized carbons (Fsp3) is 0.500. The molecular formula is C20H27N3O2. The minimum Gasteiger partial charge on any atom is -0.444 e. The summed E-state index contributed by atoms with van der Waals surface area (Å²) >= 11 is 0. The molecule has 5 nitrogen and oxygen atoms in total. The third-order valence-corrected chi connectivity index (χ3v) is 4.46.